The Morgan fingerprint density at radius 1 is 0.589 bits per heavy atom. The van der Waals surface area contributed by atoms with Crippen LogP contribution < -0.4 is 31.6 Å². The lowest BCUT2D eigenvalue weighted by molar-refractivity contribution is 0.0282. The molecular formula is C69H90N8O12S. The Morgan fingerprint density at radius 3 is 1.30 bits per heavy atom. The van der Waals surface area contributed by atoms with Crippen LogP contribution >= 0.6 is 0 Å². The zero-order valence-electron chi connectivity index (χ0n) is 54.9. The number of anilines is 2. The lowest BCUT2D eigenvalue weighted by Crippen LogP contribution is -2.41. The maximum atomic E-state index is 13.8. The fourth-order valence-corrected chi connectivity index (χ4v) is 11.9. The number of aliphatic hydroxyl groups is 1. The molecule has 2 fully saturated rings. The van der Waals surface area contributed by atoms with Gasteiger partial charge in [-0.3, -0.25) is 23.4 Å². The van der Waals surface area contributed by atoms with Gasteiger partial charge >= 0.3 is 12.2 Å². The molecule has 5 N–H and O–H groups in total. The molecule has 20 nitrogen and oxygen atoms in total. The fraction of sp³-hybridized carbons (Fsp3) is 0.449. The zero-order valence-corrected chi connectivity index (χ0v) is 55.7. The molecule has 2 saturated heterocycles. The molecule has 4 heterocycles. The van der Waals surface area contributed by atoms with E-state index in [1.165, 1.54) is 0 Å². The number of carbonyl (C=O) groups is 4. The number of pyridine rings is 2. The first kappa shape index (κ1) is 69.2. The van der Waals surface area contributed by atoms with Crippen molar-refractivity contribution in [3.05, 3.63) is 173 Å². The van der Waals surface area contributed by atoms with Gasteiger partial charge in [-0.1, -0.05) is 48.5 Å². The summed E-state index contributed by atoms with van der Waals surface area (Å²) >= 11 is 0. The van der Waals surface area contributed by atoms with E-state index in [-0.39, 0.29) is 73.5 Å². The van der Waals surface area contributed by atoms with Gasteiger partial charge in [0.05, 0.1) is 19.5 Å². The lowest BCUT2D eigenvalue weighted by Gasteiger charge is -2.33. The van der Waals surface area contributed by atoms with E-state index in [0.717, 1.165) is 91.9 Å². The highest BCUT2D eigenvalue weighted by Gasteiger charge is 2.36. The molecule has 0 bridgehead atoms. The lowest BCUT2D eigenvalue weighted by atomic mass is 9.95. The molecule has 2 unspecified atom stereocenters. The third kappa shape index (κ3) is 18.0. The van der Waals surface area contributed by atoms with Gasteiger partial charge in [-0.05, 0) is 202 Å². The summed E-state index contributed by atoms with van der Waals surface area (Å²) in [6.07, 6.45) is 1.86. The van der Waals surface area contributed by atoms with E-state index in [2.05, 4.69) is 43.4 Å². The Labute approximate surface area is 529 Å². The smallest absolute Gasteiger partial charge is 0.410 e. The molecule has 4 amide bonds. The maximum Gasteiger partial charge on any atom is 0.410 e. The number of amides is 4. The molecule has 0 spiro atoms. The van der Waals surface area contributed by atoms with Crippen molar-refractivity contribution in [1.29, 1.82) is 0 Å². The van der Waals surface area contributed by atoms with Gasteiger partial charge in [0.15, 0.2) is 0 Å². The number of aliphatic hydroxyl groups excluding tert-OH is 1. The van der Waals surface area contributed by atoms with Crippen LogP contribution in [0.25, 0.3) is 22.3 Å². The molecule has 0 saturated carbocycles. The molecule has 21 heteroatoms. The summed E-state index contributed by atoms with van der Waals surface area (Å²) in [5, 5.41) is 15.5. The van der Waals surface area contributed by atoms with Gasteiger partial charge in [0, 0.05) is 109 Å². The molecule has 90 heavy (non-hydrogen) atoms. The summed E-state index contributed by atoms with van der Waals surface area (Å²) < 4.78 is 39.1. The minimum Gasteiger partial charge on any atom is -0.444 e. The summed E-state index contributed by atoms with van der Waals surface area (Å²) in [5.41, 5.74) is 11.8. The second-order valence-corrected chi connectivity index (χ2v) is 27.1. The summed E-state index contributed by atoms with van der Waals surface area (Å²) in [4.78, 5) is 92.0. The second kappa shape index (κ2) is 29.1. The Bertz CT molecular complexity index is 3830. The standard InChI is InChI=1S/C35H46N4O7S.C34H44N4O5/c1-9-39(28-14-15-38(20-28)34(42)46-35(5,6)7)31-18-27(26-12-10-25(11-13-26)21-45-47(8,43)44)17-29(24(31)4)32(40)36-19-30-22(2)16-23(3)37-33(30)41;1-8-38(27-13-14-37(19-27)33(42)43-34(5,6)7)30-17-26(25-11-9-24(20-39)10-12-25)16-28(23(30)4)31(40)35-18-29-21(2)15-22(3)36-32(29)41/h10-13,16-18,28H,9,14-15,19-21H2,1-8H3,(H,36,40)(H,37,41);9-12,15-17,27,39H,8,13-14,18-20H2,1-7H3,(H,35,40)(H,36,41). The van der Waals surface area contributed by atoms with Crippen molar-refractivity contribution < 1.29 is 46.4 Å². The number of ether oxygens (including phenoxy) is 2. The molecule has 2 atom stereocenters. The van der Waals surface area contributed by atoms with Gasteiger partial charge in [0.2, 0.25) is 0 Å². The molecule has 2 aromatic heterocycles. The predicted octanol–water partition coefficient (Wildman–Crippen LogP) is 10.4. The SMILES string of the molecule is CCN(c1cc(-c2ccc(CO)cc2)cc(C(=O)NCc2c(C)cc(C)[nH]c2=O)c1C)C1CCN(C(=O)OC(C)(C)C)C1.CCN(c1cc(-c2ccc(COS(C)(=O)=O)cc2)cc(C(=O)NCc2c(C)cc(C)[nH]c2=O)c1C)C1CCN(C(=O)OC(C)(C)C)C1. The van der Waals surface area contributed by atoms with E-state index in [1.54, 1.807) is 21.9 Å². The fourth-order valence-electron chi connectivity index (χ4n) is 11.5. The molecule has 2 aliphatic heterocycles. The average Bonchev–Trinajstić information content (AvgIpc) is 1.35. The molecule has 2 aliphatic rings. The van der Waals surface area contributed by atoms with Crippen LogP contribution in [0, 0.1) is 41.5 Å². The maximum absolute atomic E-state index is 13.8. The minimum atomic E-state index is -3.59. The number of likely N-dealkylation sites (N-methyl/N-ethyl adjacent to an activating group) is 2. The summed E-state index contributed by atoms with van der Waals surface area (Å²) in [5.74, 6) is -0.592. The topological polar surface area (TPSA) is 253 Å². The van der Waals surface area contributed by atoms with Crippen molar-refractivity contribution in [3.63, 3.8) is 0 Å². The van der Waals surface area contributed by atoms with Crippen LogP contribution in [0.1, 0.15) is 145 Å². The highest BCUT2D eigenvalue weighted by atomic mass is 32.2. The Morgan fingerprint density at radius 2 is 0.967 bits per heavy atom. The molecule has 484 valence electrons. The number of rotatable bonds is 18. The van der Waals surface area contributed by atoms with Crippen LogP contribution in [0.15, 0.2) is 94.5 Å². The number of aryl methyl sites for hydroxylation is 4. The van der Waals surface area contributed by atoms with E-state index < -0.39 is 21.3 Å². The van der Waals surface area contributed by atoms with E-state index in [1.807, 2.05) is 157 Å². The van der Waals surface area contributed by atoms with Crippen LogP contribution in [-0.4, -0.2) is 126 Å². The van der Waals surface area contributed by atoms with Crippen LogP contribution in [0.5, 0.6) is 0 Å². The number of nitrogens with zero attached hydrogens (tertiary/aromatic N) is 4. The van der Waals surface area contributed by atoms with Crippen molar-refractivity contribution >= 4 is 45.5 Å². The first-order valence-electron chi connectivity index (χ1n) is 30.6. The van der Waals surface area contributed by atoms with Gasteiger partial charge in [0.1, 0.15) is 11.2 Å². The van der Waals surface area contributed by atoms with Gasteiger partial charge in [0.25, 0.3) is 33.1 Å². The van der Waals surface area contributed by atoms with Gasteiger partial charge in [-0.25, -0.2) is 9.59 Å². The third-order valence-corrected chi connectivity index (χ3v) is 16.6. The number of benzene rings is 4. The van der Waals surface area contributed by atoms with Gasteiger partial charge < -0.3 is 54.8 Å². The molecular weight excluding hydrogens is 1160 g/mol. The van der Waals surface area contributed by atoms with E-state index in [4.69, 9.17) is 13.7 Å². The summed E-state index contributed by atoms with van der Waals surface area (Å²) in [6, 6.07) is 26.6. The van der Waals surface area contributed by atoms with Crippen molar-refractivity contribution in [2.75, 3.05) is 55.3 Å². The first-order chi connectivity index (χ1) is 42.3. The van der Waals surface area contributed by atoms with E-state index in [0.29, 0.717) is 67.1 Å². The predicted molar refractivity (Wildman–Crippen MR) is 353 cm³/mol. The number of hydrogen-bond acceptors (Lipinski definition) is 14. The van der Waals surface area contributed by atoms with Crippen molar-refractivity contribution in [2.45, 2.75) is 159 Å². The van der Waals surface area contributed by atoms with E-state index in [9.17, 15) is 42.3 Å². The number of aromatic nitrogens is 2. The number of nitrogens with one attached hydrogen (secondary N) is 4. The van der Waals surface area contributed by atoms with E-state index >= 15 is 0 Å². The van der Waals surface area contributed by atoms with Crippen molar-refractivity contribution in [3.8, 4) is 22.3 Å². The zero-order chi connectivity index (χ0) is 66.2. The quantitative estimate of drug-likeness (QED) is 0.0502. The van der Waals surface area contributed by atoms with Gasteiger partial charge in [-0.15, -0.1) is 0 Å². The molecule has 4 aromatic carbocycles. The Balaban J connectivity index is 0.000000257. The van der Waals surface area contributed by atoms with Crippen LogP contribution in [0.4, 0.5) is 21.0 Å². The number of carbonyl (C=O) groups excluding carboxylic acids is 4. The largest absolute Gasteiger partial charge is 0.444 e. The molecule has 0 radical (unpaired) electrons. The highest BCUT2D eigenvalue weighted by molar-refractivity contribution is 7.85. The third-order valence-electron chi connectivity index (χ3n) is 16.1. The number of likely N-dealkylation sites (tertiary alicyclic amines) is 2. The molecule has 8 rings (SSSR count). The van der Waals surface area contributed by atoms with Crippen LogP contribution in [0.3, 0.4) is 0 Å². The molecule has 6 aromatic rings. The Hall–Kier alpha value is -8.27. The molecule has 0 aliphatic carbocycles. The minimum absolute atomic E-state index is 0.00154. The van der Waals surface area contributed by atoms with Crippen LogP contribution in [-0.2, 0) is 50.1 Å². The number of aromatic amines is 2. The van der Waals surface area contributed by atoms with Gasteiger partial charge in [-0.2, -0.15) is 8.42 Å². The summed E-state index contributed by atoms with van der Waals surface area (Å²) in [7, 11) is -3.59. The average molecular weight is 1260 g/mol. The van der Waals surface area contributed by atoms with Crippen molar-refractivity contribution in [2.24, 2.45) is 0 Å². The monoisotopic (exact) mass is 1250 g/mol. The van der Waals surface area contributed by atoms with Crippen molar-refractivity contribution in [1.82, 2.24) is 30.4 Å². The normalized spacial score (nSPS) is 15.0. The Kier molecular flexibility index (Phi) is 22.4. The van der Waals surface area contributed by atoms with Crippen LogP contribution in [0.2, 0.25) is 0 Å². The first-order valence-corrected chi connectivity index (χ1v) is 32.5. The highest BCUT2D eigenvalue weighted by Crippen LogP contribution is 2.37. The number of H-pyrrole nitrogens is 2. The summed E-state index contributed by atoms with van der Waals surface area (Å²) in [6.45, 7) is 30.0. The second-order valence-electron chi connectivity index (χ2n) is 25.4. The number of hydrogen-bond donors (Lipinski definition) is 5.